The van der Waals surface area contributed by atoms with Gasteiger partial charge in [-0.25, -0.2) is 4.39 Å². The van der Waals surface area contributed by atoms with Crippen LogP contribution in [0.1, 0.15) is 25.5 Å². The van der Waals surface area contributed by atoms with Crippen LogP contribution in [0.2, 0.25) is 0 Å². The maximum atomic E-state index is 13.7. The third-order valence-electron chi connectivity index (χ3n) is 3.91. The van der Waals surface area contributed by atoms with Crippen molar-refractivity contribution in [1.29, 1.82) is 0 Å². The molecule has 19 heavy (non-hydrogen) atoms. The van der Waals surface area contributed by atoms with Crippen LogP contribution < -0.4 is 5.73 Å². The monoisotopic (exact) mass is 266 g/mol. The fourth-order valence-electron chi connectivity index (χ4n) is 2.57. The Morgan fingerprint density at radius 1 is 1.47 bits per heavy atom. The molecule has 0 aromatic heterocycles. The van der Waals surface area contributed by atoms with E-state index in [1.54, 1.807) is 12.1 Å². The van der Waals surface area contributed by atoms with Crippen molar-refractivity contribution in [2.24, 2.45) is 11.7 Å². The molecule has 2 N–H and O–H groups in total. The molecular weight excluding hydrogens is 243 g/mol. The lowest BCUT2D eigenvalue weighted by molar-refractivity contribution is -0.00776. The van der Waals surface area contributed by atoms with Crippen molar-refractivity contribution in [3.63, 3.8) is 0 Å². The van der Waals surface area contributed by atoms with Crippen molar-refractivity contribution in [3.05, 3.63) is 35.6 Å². The lowest BCUT2D eigenvalue weighted by atomic mass is 9.94. The normalized spacial score (nSPS) is 24.1. The third kappa shape index (κ3) is 3.53. The number of nitrogens with zero attached hydrogens (tertiary/aromatic N) is 1. The summed E-state index contributed by atoms with van der Waals surface area (Å²) in [6, 6.07) is 6.92. The van der Waals surface area contributed by atoms with E-state index >= 15 is 0 Å². The summed E-state index contributed by atoms with van der Waals surface area (Å²) in [6.07, 6.45) is 0. The second-order valence-electron chi connectivity index (χ2n) is 5.44. The summed E-state index contributed by atoms with van der Waals surface area (Å²) in [7, 11) is 0. The van der Waals surface area contributed by atoms with E-state index < -0.39 is 0 Å². The van der Waals surface area contributed by atoms with Gasteiger partial charge in [-0.1, -0.05) is 25.1 Å². The SMILES string of the molecule is CC(CN1CCOCC1C)C(N)c1ccccc1F. The van der Waals surface area contributed by atoms with Gasteiger partial charge >= 0.3 is 0 Å². The van der Waals surface area contributed by atoms with Gasteiger partial charge in [0.1, 0.15) is 5.82 Å². The minimum atomic E-state index is -0.267. The average Bonchev–Trinajstić information content (AvgIpc) is 2.41. The van der Waals surface area contributed by atoms with Crippen LogP contribution in [-0.2, 0) is 4.74 Å². The molecule has 0 amide bonds. The van der Waals surface area contributed by atoms with Gasteiger partial charge in [0.2, 0.25) is 0 Å². The topological polar surface area (TPSA) is 38.5 Å². The first-order chi connectivity index (χ1) is 9.09. The zero-order valence-corrected chi connectivity index (χ0v) is 11.7. The maximum Gasteiger partial charge on any atom is 0.127 e. The van der Waals surface area contributed by atoms with Crippen LogP contribution in [0.15, 0.2) is 24.3 Å². The van der Waals surface area contributed by atoms with Crippen LogP contribution in [0.4, 0.5) is 4.39 Å². The van der Waals surface area contributed by atoms with E-state index in [4.69, 9.17) is 10.5 Å². The van der Waals surface area contributed by atoms with Crippen molar-refractivity contribution in [3.8, 4) is 0 Å². The minimum Gasteiger partial charge on any atom is -0.379 e. The number of morpholine rings is 1. The van der Waals surface area contributed by atoms with Crippen molar-refractivity contribution in [1.82, 2.24) is 4.90 Å². The molecule has 0 radical (unpaired) electrons. The van der Waals surface area contributed by atoms with Gasteiger partial charge < -0.3 is 10.5 Å². The molecule has 1 aliphatic heterocycles. The first-order valence-electron chi connectivity index (χ1n) is 6.91. The van der Waals surface area contributed by atoms with Gasteiger partial charge in [-0.15, -0.1) is 0 Å². The molecule has 1 aromatic rings. The molecule has 106 valence electrons. The average molecular weight is 266 g/mol. The lowest BCUT2D eigenvalue weighted by Crippen LogP contribution is -2.46. The van der Waals surface area contributed by atoms with E-state index in [-0.39, 0.29) is 17.8 Å². The Hall–Kier alpha value is -0.970. The fourth-order valence-corrected chi connectivity index (χ4v) is 2.57. The highest BCUT2D eigenvalue weighted by Crippen LogP contribution is 2.23. The molecule has 1 aromatic carbocycles. The van der Waals surface area contributed by atoms with Gasteiger partial charge in [0, 0.05) is 30.7 Å². The molecule has 2 rings (SSSR count). The Kier molecular flexibility index (Phi) is 4.91. The summed E-state index contributed by atoms with van der Waals surface area (Å²) in [5, 5.41) is 0. The summed E-state index contributed by atoms with van der Waals surface area (Å²) in [4.78, 5) is 2.37. The van der Waals surface area contributed by atoms with Crippen molar-refractivity contribution in [2.75, 3.05) is 26.3 Å². The third-order valence-corrected chi connectivity index (χ3v) is 3.91. The summed E-state index contributed by atoms with van der Waals surface area (Å²) in [5.41, 5.74) is 6.81. The smallest absolute Gasteiger partial charge is 0.127 e. The number of hydrogen-bond acceptors (Lipinski definition) is 3. The van der Waals surface area contributed by atoms with Crippen LogP contribution in [0.3, 0.4) is 0 Å². The predicted octanol–water partition coefficient (Wildman–Crippen LogP) is 2.18. The van der Waals surface area contributed by atoms with E-state index in [9.17, 15) is 4.39 Å². The highest BCUT2D eigenvalue weighted by molar-refractivity contribution is 5.21. The van der Waals surface area contributed by atoms with E-state index in [0.29, 0.717) is 11.6 Å². The minimum absolute atomic E-state index is 0.206. The van der Waals surface area contributed by atoms with Crippen molar-refractivity contribution < 1.29 is 9.13 Å². The second kappa shape index (κ2) is 6.46. The predicted molar refractivity (Wildman–Crippen MR) is 74.3 cm³/mol. The van der Waals surface area contributed by atoms with E-state index in [2.05, 4.69) is 18.7 Å². The number of halogens is 1. The highest BCUT2D eigenvalue weighted by Gasteiger charge is 2.24. The van der Waals surface area contributed by atoms with E-state index in [1.807, 2.05) is 6.07 Å². The highest BCUT2D eigenvalue weighted by atomic mass is 19.1. The van der Waals surface area contributed by atoms with Crippen LogP contribution >= 0.6 is 0 Å². The molecule has 1 saturated heterocycles. The molecular formula is C15H23FN2O. The van der Waals surface area contributed by atoms with Gasteiger partial charge in [0.05, 0.1) is 13.2 Å². The number of ether oxygens (including phenoxy) is 1. The summed E-state index contributed by atoms with van der Waals surface area (Å²) < 4.78 is 19.2. The summed E-state index contributed by atoms with van der Waals surface area (Å²) in [5.74, 6) is -0.00525. The molecule has 0 saturated carbocycles. The number of benzene rings is 1. The molecule has 0 bridgehead atoms. The Labute approximate surface area is 114 Å². The van der Waals surface area contributed by atoms with Gasteiger partial charge in [-0.2, -0.15) is 0 Å². The molecule has 0 spiro atoms. The second-order valence-corrected chi connectivity index (χ2v) is 5.44. The molecule has 1 fully saturated rings. The quantitative estimate of drug-likeness (QED) is 0.908. The van der Waals surface area contributed by atoms with Crippen LogP contribution in [-0.4, -0.2) is 37.2 Å². The Morgan fingerprint density at radius 2 is 2.21 bits per heavy atom. The zero-order valence-electron chi connectivity index (χ0n) is 11.7. The lowest BCUT2D eigenvalue weighted by Gasteiger charge is -2.36. The van der Waals surface area contributed by atoms with Crippen LogP contribution in [0.5, 0.6) is 0 Å². The molecule has 3 nitrogen and oxygen atoms in total. The molecule has 1 heterocycles. The van der Waals surface area contributed by atoms with Crippen molar-refractivity contribution >= 4 is 0 Å². The van der Waals surface area contributed by atoms with Gasteiger partial charge in [-0.05, 0) is 18.9 Å². The molecule has 3 atom stereocenters. The first-order valence-corrected chi connectivity index (χ1v) is 6.91. The standard InChI is InChI=1S/C15H23FN2O/c1-11(9-18-7-8-19-10-12(18)2)15(17)13-5-3-4-6-14(13)16/h3-6,11-12,15H,7-10,17H2,1-2H3. The summed E-state index contributed by atoms with van der Waals surface area (Å²) >= 11 is 0. The molecule has 3 unspecified atom stereocenters. The summed E-state index contributed by atoms with van der Waals surface area (Å²) in [6.45, 7) is 7.57. The molecule has 4 heteroatoms. The molecule has 1 aliphatic rings. The Bertz CT molecular complexity index is 413. The number of nitrogens with two attached hydrogens (primary N) is 1. The zero-order chi connectivity index (χ0) is 13.8. The number of rotatable bonds is 4. The van der Waals surface area contributed by atoms with Gasteiger partial charge in [0.25, 0.3) is 0 Å². The molecule has 0 aliphatic carbocycles. The number of hydrogen-bond donors (Lipinski definition) is 1. The van der Waals surface area contributed by atoms with Crippen molar-refractivity contribution in [2.45, 2.75) is 25.9 Å². The largest absolute Gasteiger partial charge is 0.379 e. The van der Waals surface area contributed by atoms with E-state index in [1.165, 1.54) is 6.07 Å². The van der Waals surface area contributed by atoms with E-state index in [0.717, 1.165) is 26.3 Å². The van der Waals surface area contributed by atoms with Gasteiger partial charge in [-0.3, -0.25) is 4.90 Å². The van der Waals surface area contributed by atoms with Crippen LogP contribution in [0, 0.1) is 11.7 Å². The maximum absolute atomic E-state index is 13.7. The first kappa shape index (κ1) is 14.4. The van der Waals surface area contributed by atoms with Crippen LogP contribution in [0.25, 0.3) is 0 Å². The fraction of sp³-hybridized carbons (Fsp3) is 0.600. The van der Waals surface area contributed by atoms with Gasteiger partial charge in [0.15, 0.2) is 0 Å². The Morgan fingerprint density at radius 3 is 2.89 bits per heavy atom. The Balaban J connectivity index is 1.99.